The van der Waals surface area contributed by atoms with Crippen LogP contribution in [0.25, 0.3) is 0 Å². The van der Waals surface area contributed by atoms with Crippen LogP contribution >= 0.6 is 0 Å². The molecular weight excluding hydrogens is 190 g/mol. The minimum Gasteiger partial charge on any atom is -0.493 e. The summed E-state index contributed by atoms with van der Waals surface area (Å²) < 4.78 is 11.2. The predicted molar refractivity (Wildman–Crippen MR) is 59.6 cm³/mol. The van der Waals surface area contributed by atoms with Gasteiger partial charge < -0.3 is 14.8 Å². The van der Waals surface area contributed by atoms with Crippen LogP contribution in [-0.4, -0.2) is 26.3 Å². The van der Waals surface area contributed by atoms with Crippen molar-refractivity contribution in [1.82, 2.24) is 5.32 Å². The van der Waals surface area contributed by atoms with Crippen LogP contribution in [0.2, 0.25) is 0 Å². The lowest BCUT2D eigenvalue weighted by atomic mass is 10.2. The van der Waals surface area contributed by atoms with Gasteiger partial charge in [0.25, 0.3) is 0 Å². The van der Waals surface area contributed by atoms with Crippen LogP contribution in [-0.2, 0) is 0 Å². The lowest BCUT2D eigenvalue weighted by molar-refractivity contribution is 0.212. The van der Waals surface area contributed by atoms with Gasteiger partial charge in [0.2, 0.25) is 0 Å². The van der Waals surface area contributed by atoms with Crippen LogP contribution in [0.5, 0.6) is 11.5 Å². The van der Waals surface area contributed by atoms with Crippen LogP contribution in [0.4, 0.5) is 0 Å². The second-order valence-corrected chi connectivity index (χ2v) is 3.89. The van der Waals surface area contributed by atoms with E-state index in [2.05, 4.69) is 12.2 Å². The fourth-order valence-corrected chi connectivity index (χ4v) is 1.78. The van der Waals surface area contributed by atoms with Crippen molar-refractivity contribution in [2.24, 2.45) is 0 Å². The molecule has 15 heavy (non-hydrogen) atoms. The molecule has 3 heteroatoms. The van der Waals surface area contributed by atoms with Gasteiger partial charge in [-0.1, -0.05) is 6.07 Å². The largest absolute Gasteiger partial charge is 0.493 e. The molecule has 0 bridgehead atoms. The standard InChI is InChI=1S/C12H17NO2/c1-9-3-4-11(14-2)12(7-9)15-10-5-6-13-8-10/h3-4,7,10,13H,5-6,8H2,1-2H3. The number of rotatable bonds is 3. The number of ether oxygens (including phenoxy) is 2. The molecule has 0 aliphatic carbocycles. The highest BCUT2D eigenvalue weighted by Gasteiger charge is 2.17. The van der Waals surface area contributed by atoms with Gasteiger partial charge in [0.15, 0.2) is 11.5 Å². The van der Waals surface area contributed by atoms with Crippen molar-refractivity contribution in [1.29, 1.82) is 0 Å². The molecule has 0 radical (unpaired) electrons. The van der Waals surface area contributed by atoms with Crippen molar-refractivity contribution in [3.63, 3.8) is 0 Å². The Hall–Kier alpha value is -1.22. The molecule has 1 saturated heterocycles. The quantitative estimate of drug-likeness (QED) is 0.819. The molecule has 1 aliphatic rings. The van der Waals surface area contributed by atoms with E-state index in [0.717, 1.165) is 31.0 Å². The topological polar surface area (TPSA) is 30.5 Å². The summed E-state index contributed by atoms with van der Waals surface area (Å²) in [7, 11) is 1.67. The van der Waals surface area contributed by atoms with Crippen molar-refractivity contribution in [2.45, 2.75) is 19.4 Å². The summed E-state index contributed by atoms with van der Waals surface area (Å²) in [5, 5.41) is 3.28. The zero-order valence-corrected chi connectivity index (χ0v) is 9.25. The van der Waals surface area contributed by atoms with Crippen LogP contribution in [0.3, 0.4) is 0 Å². The maximum atomic E-state index is 5.89. The lowest BCUT2D eigenvalue weighted by Crippen LogP contribution is -2.19. The molecule has 1 atom stereocenters. The minimum absolute atomic E-state index is 0.278. The molecule has 1 aliphatic heterocycles. The van der Waals surface area contributed by atoms with Crippen LogP contribution in [0.1, 0.15) is 12.0 Å². The third-order valence-corrected chi connectivity index (χ3v) is 2.63. The average molecular weight is 207 g/mol. The molecule has 1 aromatic rings. The van der Waals surface area contributed by atoms with E-state index in [4.69, 9.17) is 9.47 Å². The van der Waals surface area contributed by atoms with E-state index in [9.17, 15) is 0 Å². The highest BCUT2D eigenvalue weighted by Crippen LogP contribution is 2.29. The van der Waals surface area contributed by atoms with E-state index in [-0.39, 0.29) is 6.10 Å². The summed E-state index contributed by atoms with van der Waals surface area (Å²) >= 11 is 0. The predicted octanol–water partition coefficient (Wildman–Crippen LogP) is 1.74. The fourth-order valence-electron chi connectivity index (χ4n) is 1.78. The van der Waals surface area contributed by atoms with Gasteiger partial charge in [-0.15, -0.1) is 0 Å². The lowest BCUT2D eigenvalue weighted by Gasteiger charge is -2.15. The summed E-state index contributed by atoms with van der Waals surface area (Å²) in [5.74, 6) is 1.67. The second-order valence-electron chi connectivity index (χ2n) is 3.89. The molecule has 0 aromatic heterocycles. The van der Waals surface area contributed by atoms with Crippen molar-refractivity contribution in [2.75, 3.05) is 20.2 Å². The Kier molecular flexibility index (Phi) is 3.11. The maximum Gasteiger partial charge on any atom is 0.161 e. The Morgan fingerprint density at radius 1 is 1.33 bits per heavy atom. The fraction of sp³-hybridized carbons (Fsp3) is 0.500. The summed E-state index contributed by atoms with van der Waals surface area (Å²) in [5.41, 5.74) is 1.19. The number of methoxy groups -OCH3 is 1. The van der Waals surface area contributed by atoms with Crippen LogP contribution in [0.15, 0.2) is 18.2 Å². The first-order chi connectivity index (χ1) is 7.29. The first kappa shape index (κ1) is 10.3. The number of aryl methyl sites for hydroxylation is 1. The van der Waals surface area contributed by atoms with Crippen LogP contribution in [0, 0.1) is 6.92 Å². The van der Waals surface area contributed by atoms with Gasteiger partial charge in [0, 0.05) is 6.54 Å². The molecular formula is C12H17NO2. The Bertz CT molecular complexity index is 332. The molecule has 2 rings (SSSR count). The van der Waals surface area contributed by atoms with Crippen molar-refractivity contribution in [3.8, 4) is 11.5 Å². The van der Waals surface area contributed by atoms with Gasteiger partial charge in [0.1, 0.15) is 6.10 Å². The molecule has 1 fully saturated rings. The monoisotopic (exact) mass is 207 g/mol. The summed E-state index contributed by atoms with van der Waals surface area (Å²) in [6.07, 6.45) is 1.34. The van der Waals surface area contributed by atoms with E-state index in [0.29, 0.717) is 0 Å². The number of nitrogens with one attached hydrogen (secondary N) is 1. The number of hydrogen-bond acceptors (Lipinski definition) is 3. The van der Waals surface area contributed by atoms with Crippen molar-refractivity contribution in [3.05, 3.63) is 23.8 Å². The Morgan fingerprint density at radius 3 is 2.87 bits per heavy atom. The van der Waals surface area contributed by atoms with Gasteiger partial charge in [-0.3, -0.25) is 0 Å². The molecule has 82 valence electrons. The SMILES string of the molecule is COc1ccc(C)cc1OC1CCNC1. The molecule has 1 unspecified atom stereocenters. The molecule has 0 amide bonds. The van der Waals surface area contributed by atoms with Gasteiger partial charge in [0.05, 0.1) is 7.11 Å². The highest BCUT2D eigenvalue weighted by atomic mass is 16.5. The molecule has 1 N–H and O–H groups in total. The zero-order chi connectivity index (χ0) is 10.7. The molecule has 0 spiro atoms. The van der Waals surface area contributed by atoms with Crippen molar-refractivity contribution >= 4 is 0 Å². The normalized spacial score (nSPS) is 20.3. The van der Waals surface area contributed by atoms with Crippen molar-refractivity contribution < 1.29 is 9.47 Å². The molecule has 3 nitrogen and oxygen atoms in total. The number of hydrogen-bond donors (Lipinski definition) is 1. The Morgan fingerprint density at radius 2 is 2.20 bits per heavy atom. The summed E-state index contributed by atoms with van der Waals surface area (Å²) in [6, 6.07) is 6.00. The van der Waals surface area contributed by atoms with Gasteiger partial charge in [-0.2, -0.15) is 0 Å². The average Bonchev–Trinajstić information content (AvgIpc) is 2.71. The molecule has 1 heterocycles. The van der Waals surface area contributed by atoms with E-state index in [1.165, 1.54) is 5.56 Å². The Labute approximate surface area is 90.4 Å². The highest BCUT2D eigenvalue weighted by molar-refractivity contribution is 5.42. The Balaban J connectivity index is 2.14. The minimum atomic E-state index is 0.278. The maximum absolute atomic E-state index is 5.89. The van der Waals surface area contributed by atoms with Gasteiger partial charge >= 0.3 is 0 Å². The van der Waals surface area contributed by atoms with E-state index in [1.807, 2.05) is 18.2 Å². The smallest absolute Gasteiger partial charge is 0.161 e. The zero-order valence-electron chi connectivity index (χ0n) is 9.25. The number of benzene rings is 1. The van der Waals surface area contributed by atoms with E-state index >= 15 is 0 Å². The molecule has 1 aromatic carbocycles. The van der Waals surface area contributed by atoms with Crippen LogP contribution < -0.4 is 14.8 Å². The van der Waals surface area contributed by atoms with E-state index in [1.54, 1.807) is 7.11 Å². The van der Waals surface area contributed by atoms with Gasteiger partial charge in [-0.25, -0.2) is 0 Å². The first-order valence-corrected chi connectivity index (χ1v) is 5.31. The molecule has 0 saturated carbocycles. The third kappa shape index (κ3) is 2.42. The van der Waals surface area contributed by atoms with E-state index < -0.39 is 0 Å². The summed E-state index contributed by atoms with van der Waals surface area (Å²) in [6.45, 7) is 4.02. The summed E-state index contributed by atoms with van der Waals surface area (Å²) in [4.78, 5) is 0. The third-order valence-electron chi connectivity index (χ3n) is 2.63. The first-order valence-electron chi connectivity index (χ1n) is 5.31. The van der Waals surface area contributed by atoms with Gasteiger partial charge in [-0.05, 0) is 37.6 Å². The second kappa shape index (κ2) is 4.53.